The van der Waals surface area contributed by atoms with E-state index in [1.165, 1.54) is 17.7 Å². The highest BCUT2D eigenvalue weighted by Gasteiger charge is 2.21. The lowest BCUT2D eigenvalue weighted by molar-refractivity contribution is 0.602. The molecule has 1 heterocycles. The molecule has 14 heavy (non-hydrogen) atoms. The summed E-state index contributed by atoms with van der Waals surface area (Å²) in [5.41, 5.74) is 8.43. The molecule has 0 bridgehead atoms. The molecule has 0 aromatic heterocycles. The molecule has 1 aliphatic heterocycles. The highest BCUT2D eigenvalue weighted by molar-refractivity contribution is 5.53. The van der Waals surface area contributed by atoms with E-state index in [2.05, 4.69) is 36.1 Å². The maximum Gasteiger partial charge on any atom is 0.0396 e. The van der Waals surface area contributed by atoms with Gasteiger partial charge in [0, 0.05) is 18.8 Å². The molecule has 2 N–H and O–H groups in total. The Morgan fingerprint density at radius 1 is 1.43 bits per heavy atom. The van der Waals surface area contributed by atoms with Gasteiger partial charge in [-0.3, -0.25) is 0 Å². The summed E-state index contributed by atoms with van der Waals surface area (Å²) < 4.78 is 0. The van der Waals surface area contributed by atoms with Gasteiger partial charge in [-0.1, -0.05) is 18.2 Å². The first kappa shape index (κ1) is 9.53. The van der Waals surface area contributed by atoms with E-state index in [-0.39, 0.29) is 0 Å². The average Bonchev–Trinajstić information content (AvgIpc) is 2.67. The molecule has 0 aliphatic carbocycles. The zero-order valence-corrected chi connectivity index (χ0v) is 8.74. The number of rotatable bonds is 2. The molecule has 0 saturated carbocycles. The van der Waals surface area contributed by atoms with E-state index in [4.69, 9.17) is 5.73 Å². The summed E-state index contributed by atoms with van der Waals surface area (Å²) in [6, 6.07) is 8.58. The number of benzene rings is 1. The second-order valence-corrected chi connectivity index (χ2v) is 4.12. The van der Waals surface area contributed by atoms with Gasteiger partial charge in [-0.2, -0.15) is 0 Å². The second-order valence-electron chi connectivity index (χ2n) is 4.12. The van der Waals surface area contributed by atoms with E-state index < -0.39 is 0 Å². The van der Waals surface area contributed by atoms with Crippen LogP contribution in [0.4, 0.5) is 5.69 Å². The zero-order valence-electron chi connectivity index (χ0n) is 8.74. The van der Waals surface area contributed by atoms with Crippen LogP contribution >= 0.6 is 0 Å². The molecule has 2 heteroatoms. The van der Waals surface area contributed by atoms with Gasteiger partial charge in [-0.15, -0.1) is 0 Å². The summed E-state index contributed by atoms with van der Waals surface area (Å²) in [6.07, 6.45) is 1.24. The predicted octanol–water partition coefficient (Wildman–Crippen LogP) is 1.78. The van der Waals surface area contributed by atoms with E-state index in [1.54, 1.807) is 0 Å². The summed E-state index contributed by atoms with van der Waals surface area (Å²) in [5.74, 6) is 0.689. The first-order chi connectivity index (χ1) is 6.81. The van der Waals surface area contributed by atoms with E-state index in [1.807, 2.05) is 0 Å². The van der Waals surface area contributed by atoms with E-state index in [9.17, 15) is 0 Å². The minimum atomic E-state index is 0.689. The van der Waals surface area contributed by atoms with Crippen LogP contribution in [0, 0.1) is 12.8 Å². The van der Waals surface area contributed by atoms with E-state index in [0.717, 1.165) is 19.6 Å². The molecule has 1 aromatic carbocycles. The summed E-state index contributed by atoms with van der Waals surface area (Å²) in [4.78, 5) is 2.45. The van der Waals surface area contributed by atoms with Gasteiger partial charge in [-0.05, 0) is 37.4 Å². The van der Waals surface area contributed by atoms with Crippen molar-refractivity contribution in [3.8, 4) is 0 Å². The third-order valence-electron chi connectivity index (χ3n) is 3.08. The molecular formula is C12H18N2. The minimum Gasteiger partial charge on any atom is -0.371 e. The van der Waals surface area contributed by atoms with Crippen LogP contribution in [0.25, 0.3) is 0 Å². The highest BCUT2D eigenvalue weighted by atomic mass is 15.2. The van der Waals surface area contributed by atoms with Crippen LogP contribution in [0.1, 0.15) is 12.0 Å². The number of hydrogen-bond acceptors (Lipinski definition) is 2. The van der Waals surface area contributed by atoms with Crippen LogP contribution in [0.5, 0.6) is 0 Å². The van der Waals surface area contributed by atoms with Crippen molar-refractivity contribution in [3.63, 3.8) is 0 Å². The van der Waals surface area contributed by atoms with Crippen LogP contribution in [0.2, 0.25) is 0 Å². The maximum absolute atomic E-state index is 5.69. The zero-order chi connectivity index (χ0) is 9.97. The quantitative estimate of drug-likeness (QED) is 0.770. The van der Waals surface area contributed by atoms with Gasteiger partial charge in [0.05, 0.1) is 0 Å². The summed E-state index contributed by atoms with van der Waals surface area (Å²) in [5, 5.41) is 0. The number of nitrogens with two attached hydrogens (primary N) is 1. The first-order valence-electron chi connectivity index (χ1n) is 5.32. The molecule has 1 aliphatic rings. The van der Waals surface area contributed by atoms with Gasteiger partial charge >= 0.3 is 0 Å². The van der Waals surface area contributed by atoms with Crippen LogP contribution in [0.3, 0.4) is 0 Å². The molecular weight excluding hydrogens is 172 g/mol. The van der Waals surface area contributed by atoms with Gasteiger partial charge in [0.15, 0.2) is 0 Å². The minimum absolute atomic E-state index is 0.689. The van der Waals surface area contributed by atoms with Crippen LogP contribution in [0.15, 0.2) is 24.3 Å². The Labute approximate surface area is 85.7 Å². The molecule has 1 saturated heterocycles. The summed E-state index contributed by atoms with van der Waals surface area (Å²) in [7, 11) is 0. The number of anilines is 1. The molecule has 76 valence electrons. The largest absolute Gasteiger partial charge is 0.371 e. The van der Waals surface area contributed by atoms with Gasteiger partial charge in [0.2, 0.25) is 0 Å². The smallest absolute Gasteiger partial charge is 0.0396 e. The summed E-state index contributed by atoms with van der Waals surface area (Å²) in [6.45, 7) is 5.28. The Kier molecular flexibility index (Phi) is 2.73. The van der Waals surface area contributed by atoms with Crippen LogP contribution < -0.4 is 10.6 Å². The van der Waals surface area contributed by atoms with Crippen LogP contribution in [-0.2, 0) is 0 Å². The second kappa shape index (κ2) is 4.01. The molecule has 1 aromatic rings. The third-order valence-corrected chi connectivity index (χ3v) is 3.08. The standard InChI is InChI=1S/C12H18N2/c1-10-4-2-3-5-12(10)14-7-6-11(8-13)9-14/h2-5,11H,6-9,13H2,1H3/t11-/m1/s1. The van der Waals surface area contributed by atoms with E-state index in [0.29, 0.717) is 5.92 Å². The van der Waals surface area contributed by atoms with Crippen LogP contribution in [-0.4, -0.2) is 19.6 Å². The molecule has 1 atom stereocenters. The maximum atomic E-state index is 5.69. The van der Waals surface area contributed by atoms with E-state index >= 15 is 0 Å². The first-order valence-corrected chi connectivity index (χ1v) is 5.32. The van der Waals surface area contributed by atoms with Crippen molar-refractivity contribution in [2.45, 2.75) is 13.3 Å². The molecule has 0 amide bonds. The Bertz CT molecular complexity index is 309. The van der Waals surface area contributed by atoms with Crippen molar-refractivity contribution < 1.29 is 0 Å². The summed E-state index contributed by atoms with van der Waals surface area (Å²) >= 11 is 0. The van der Waals surface area contributed by atoms with Gasteiger partial charge < -0.3 is 10.6 Å². The molecule has 2 nitrogen and oxygen atoms in total. The Morgan fingerprint density at radius 3 is 2.86 bits per heavy atom. The lowest BCUT2D eigenvalue weighted by Crippen LogP contribution is -2.23. The Balaban J connectivity index is 2.13. The monoisotopic (exact) mass is 190 g/mol. The number of para-hydroxylation sites is 1. The number of nitrogens with zero attached hydrogens (tertiary/aromatic N) is 1. The lowest BCUT2D eigenvalue weighted by atomic mass is 10.1. The van der Waals surface area contributed by atoms with Crippen molar-refractivity contribution in [1.29, 1.82) is 0 Å². The van der Waals surface area contributed by atoms with Crippen molar-refractivity contribution in [2.24, 2.45) is 11.7 Å². The van der Waals surface area contributed by atoms with Gasteiger partial charge in [0.1, 0.15) is 0 Å². The molecule has 0 unspecified atom stereocenters. The van der Waals surface area contributed by atoms with Crippen molar-refractivity contribution in [3.05, 3.63) is 29.8 Å². The highest BCUT2D eigenvalue weighted by Crippen LogP contribution is 2.25. The Morgan fingerprint density at radius 2 is 2.21 bits per heavy atom. The average molecular weight is 190 g/mol. The van der Waals surface area contributed by atoms with Gasteiger partial charge in [-0.25, -0.2) is 0 Å². The number of aryl methyl sites for hydroxylation is 1. The van der Waals surface area contributed by atoms with Gasteiger partial charge in [0.25, 0.3) is 0 Å². The molecule has 1 fully saturated rings. The predicted molar refractivity (Wildman–Crippen MR) is 60.6 cm³/mol. The molecule has 0 spiro atoms. The fraction of sp³-hybridized carbons (Fsp3) is 0.500. The Hall–Kier alpha value is -1.02. The normalized spacial score (nSPS) is 21.6. The third kappa shape index (κ3) is 1.75. The fourth-order valence-electron chi connectivity index (χ4n) is 2.16. The molecule has 2 rings (SSSR count). The van der Waals surface area contributed by atoms with Crippen molar-refractivity contribution in [1.82, 2.24) is 0 Å². The molecule has 0 radical (unpaired) electrons. The van der Waals surface area contributed by atoms with Crippen molar-refractivity contribution in [2.75, 3.05) is 24.5 Å². The SMILES string of the molecule is Cc1ccccc1N1CC[C@H](CN)C1. The fourth-order valence-corrected chi connectivity index (χ4v) is 2.16. The van der Waals surface area contributed by atoms with Crippen molar-refractivity contribution >= 4 is 5.69 Å². The lowest BCUT2D eigenvalue weighted by Gasteiger charge is -2.20. The number of hydrogen-bond donors (Lipinski definition) is 1. The topological polar surface area (TPSA) is 29.3 Å².